The van der Waals surface area contributed by atoms with Crippen LogP contribution in [0.1, 0.15) is 32.2 Å². The number of nitrogens with one attached hydrogen (secondary N) is 2. The Morgan fingerprint density at radius 3 is 2.76 bits per heavy atom. The smallest absolute Gasteiger partial charge is 0.407 e. The Hall–Kier alpha value is -1.55. The minimum Gasteiger partial charge on any atom is -0.444 e. The molecule has 6 nitrogen and oxygen atoms in total. The zero-order chi connectivity index (χ0) is 13.1. The molecule has 0 aromatic carbocycles. The van der Waals surface area contributed by atoms with Gasteiger partial charge in [0, 0.05) is 0 Å². The number of amides is 1. The number of aromatic nitrogens is 2. The highest BCUT2D eigenvalue weighted by Crippen LogP contribution is 2.18. The number of H-pyrrole nitrogens is 1. The monoisotopic (exact) mass is 300 g/mol. The van der Waals surface area contributed by atoms with Crippen LogP contribution in [0.2, 0.25) is 0 Å². The van der Waals surface area contributed by atoms with Crippen molar-refractivity contribution < 1.29 is 9.53 Å². The number of hydrogen-bond acceptors (Lipinski definition) is 4. The molecule has 17 heavy (non-hydrogen) atoms. The highest BCUT2D eigenvalue weighted by atomic mass is 79.9. The molecule has 0 saturated heterocycles. The number of halogens is 1. The first kappa shape index (κ1) is 13.5. The van der Waals surface area contributed by atoms with Crippen molar-refractivity contribution in [3.05, 3.63) is 15.9 Å². The van der Waals surface area contributed by atoms with E-state index in [1.54, 1.807) is 20.8 Å². The summed E-state index contributed by atoms with van der Waals surface area (Å²) in [6.07, 6.45) is -0.522. The minimum absolute atomic E-state index is 0.188. The van der Waals surface area contributed by atoms with Crippen molar-refractivity contribution in [1.82, 2.24) is 15.5 Å². The van der Waals surface area contributed by atoms with E-state index in [0.717, 1.165) is 0 Å². The van der Waals surface area contributed by atoms with E-state index < -0.39 is 11.7 Å². The van der Waals surface area contributed by atoms with Crippen LogP contribution >= 0.6 is 15.9 Å². The van der Waals surface area contributed by atoms with E-state index in [9.17, 15) is 4.79 Å². The molecule has 0 aliphatic carbocycles. The second-order valence-electron chi connectivity index (χ2n) is 4.33. The van der Waals surface area contributed by atoms with Crippen LogP contribution in [-0.2, 0) is 11.3 Å². The molecule has 1 aromatic heterocycles. The summed E-state index contributed by atoms with van der Waals surface area (Å²) < 4.78 is 5.62. The van der Waals surface area contributed by atoms with Crippen molar-refractivity contribution >= 4 is 22.0 Å². The normalized spacial score (nSPS) is 10.8. The van der Waals surface area contributed by atoms with Crippen molar-refractivity contribution in [3.8, 4) is 6.07 Å². The Bertz CT molecular complexity index is 456. The molecule has 0 fully saturated rings. The first-order valence-corrected chi connectivity index (χ1v) is 5.72. The fraction of sp³-hybridized carbons (Fsp3) is 0.500. The van der Waals surface area contributed by atoms with Crippen LogP contribution in [0, 0.1) is 11.3 Å². The van der Waals surface area contributed by atoms with Crippen LogP contribution in [0.25, 0.3) is 0 Å². The van der Waals surface area contributed by atoms with Gasteiger partial charge < -0.3 is 10.1 Å². The average molecular weight is 301 g/mol. The first-order valence-electron chi connectivity index (χ1n) is 4.93. The second kappa shape index (κ2) is 5.19. The van der Waals surface area contributed by atoms with E-state index in [-0.39, 0.29) is 6.54 Å². The van der Waals surface area contributed by atoms with E-state index in [4.69, 9.17) is 10.00 Å². The molecule has 0 spiro atoms. The third-order valence-corrected chi connectivity index (χ3v) is 2.54. The lowest BCUT2D eigenvalue weighted by Gasteiger charge is -2.19. The molecule has 1 amide bonds. The van der Waals surface area contributed by atoms with Crippen molar-refractivity contribution in [2.75, 3.05) is 0 Å². The molecule has 0 bridgehead atoms. The van der Waals surface area contributed by atoms with Crippen molar-refractivity contribution in [1.29, 1.82) is 5.26 Å². The van der Waals surface area contributed by atoms with Gasteiger partial charge in [0.05, 0.1) is 16.7 Å². The lowest BCUT2D eigenvalue weighted by Crippen LogP contribution is -2.32. The molecule has 0 radical (unpaired) electrons. The topological polar surface area (TPSA) is 90.8 Å². The maximum atomic E-state index is 11.4. The Morgan fingerprint density at radius 1 is 1.65 bits per heavy atom. The summed E-state index contributed by atoms with van der Waals surface area (Å²) in [6, 6.07) is 1.93. The molecule has 2 N–H and O–H groups in total. The molecule has 0 saturated carbocycles. The molecule has 92 valence electrons. The minimum atomic E-state index is -0.537. The van der Waals surface area contributed by atoms with E-state index in [2.05, 4.69) is 31.4 Å². The molecule has 1 rings (SSSR count). The number of hydrogen-bond donors (Lipinski definition) is 2. The summed E-state index contributed by atoms with van der Waals surface area (Å²) in [7, 11) is 0. The fourth-order valence-corrected chi connectivity index (χ4v) is 1.43. The molecule has 0 aliphatic rings. The highest BCUT2D eigenvalue weighted by Gasteiger charge is 2.17. The quantitative estimate of drug-likeness (QED) is 0.874. The molecule has 1 aromatic rings. The van der Waals surface area contributed by atoms with Crippen LogP contribution < -0.4 is 5.32 Å². The molecular formula is C10H13BrN4O2. The number of ether oxygens (including phenoxy) is 1. The fourth-order valence-electron chi connectivity index (χ4n) is 1.03. The number of alkyl carbamates (subject to hydrolysis) is 1. The molecule has 7 heteroatoms. The lowest BCUT2D eigenvalue weighted by atomic mass is 10.2. The highest BCUT2D eigenvalue weighted by molar-refractivity contribution is 9.10. The average Bonchev–Trinajstić information content (AvgIpc) is 2.54. The van der Waals surface area contributed by atoms with Gasteiger partial charge in [-0.3, -0.25) is 5.10 Å². The Labute approximate surface area is 107 Å². The van der Waals surface area contributed by atoms with E-state index in [1.165, 1.54) is 0 Å². The number of aromatic amines is 1. The van der Waals surface area contributed by atoms with Gasteiger partial charge in [-0.2, -0.15) is 10.4 Å². The first-order chi connectivity index (χ1) is 7.83. The second-order valence-corrected chi connectivity index (χ2v) is 5.12. The summed E-state index contributed by atoms with van der Waals surface area (Å²) in [5, 5.41) is 17.7. The molecule has 0 unspecified atom stereocenters. The molecule has 0 atom stereocenters. The van der Waals surface area contributed by atoms with Crippen LogP contribution in [0.3, 0.4) is 0 Å². The summed E-state index contributed by atoms with van der Waals surface area (Å²) in [4.78, 5) is 11.4. The largest absolute Gasteiger partial charge is 0.444 e. The summed E-state index contributed by atoms with van der Waals surface area (Å²) in [5.74, 6) is 0. The third kappa shape index (κ3) is 4.07. The van der Waals surface area contributed by atoms with Gasteiger partial charge in [0.15, 0.2) is 0 Å². The number of carbonyl (C=O) groups excluding carboxylic acids is 1. The summed E-state index contributed by atoms with van der Waals surface area (Å²) in [6.45, 7) is 5.54. The Balaban J connectivity index is 2.54. The van der Waals surface area contributed by atoms with Gasteiger partial charge in [0.25, 0.3) is 0 Å². The molecular weight excluding hydrogens is 288 g/mol. The van der Waals surface area contributed by atoms with E-state index >= 15 is 0 Å². The molecule has 0 aliphatic heterocycles. The lowest BCUT2D eigenvalue weighted by molar-refractivity contribution is 0.0523. The zero-order valence-electron chi connectivity index (χ0n) is 9.80. The predicted octanol–water partition coefficient (Wildman–Crippen LogP) is 2.07. The summed E-state index contributed by atoms with van der Waals surface area (Å²) in [5.41, 5.74) is 0.337. The van der Waals surface area contributed by atoms with E-state index in [0.29, 0.717) is 15.9 Å². The predicted molar refractivity (Wildman–Crippen MR) is 64.1 cm³/mol. The SMILES string of the molecule is CC(C)(C)OC(=O)NCc1n[nH]c(C#N)c1Br. The number of rotatable bonds is 2. The van der Waals surface area contributed by atoms with Crippen molar-refractivity contribution in [2.45, 2.75) is 32.9 Å². The number of nitriles is 1. The van der Waals surface area contributed by atoms with Crippen LogP contribution in [0.5, 0.6) is 0 Å². The Morgan fingerprint density at radius 2 is 2.29 bits per heavy atom. The standard InChI is InChI=1S/C10H13BrN4O2/c1-10(2,3)17-9(16)13-5-7-8(11)6(4-12)14-15-7/h5H2,1-3H3,(H,13,16)(H,14,15). The van der Waals surface area contributed by atoms with Gasteiger partial charge in [-0.1, -0.05) is 0 Å². The maximum Gasteiger partial charge on any atom is 0.407 e. The van der Waals surface area contributed by atoms with Crippen LogP contribution in [-0.4, -0.2) is 21.9 Å². The van der Waals surface area contributed by atoms with Crippen LogP contribution in [0.15, 0.2) is 4.47 Å². The maximum absolute atomic E-state index is 11.4. The van der Waals surface area contributed by atoms with Gasteiger partial charge >= 0.3 is 6.09 Å². The Kier molecular flexibility index (Phi) is 4.12. The van der Waals surface area contributed by atoms with Gasteiger partial charge in [-0.25, -0.2) is 4.79 Å². The van der Waals surface area contributed by atoms with Crippen LogP contribution in [0.4, 0.5) is 4.79 Å². The molecule has 1 heterocycles. The van der Waals surface area contributed by atoms with Crippen molar-refractivity contribution in [3.63, 3.8) is 0 Å². The summed E-state index contributed by atoms with van der Waals surface area (Å²) >= 11 is 3.21. The van der Waals surface area contributed by atoms with Gasteiger partial charge in [-0.05, 0) is 36.7 Å². The van der Waals surface area contributed by atoms with Gasteiger partial charge in [-0.15, -0.1) is 0 Å². The number of nitrogens with zero attached hydrogens (tertiary/aromatic N) is 2. The third-order valence-electron chi connectivity index (χ3n) is 1.69. The van der Waals surface area contributed by atoms with Gasteiger partial charge in [0.2, 0.25) is 0 Å². The zero-order valence-corrected chi connectivity index (χ0v) is 11.4. The van der Waals surface area contributed by atoms with Gasteiger partial charge in [0.1, 0.15) is 17.4 Å². The van der Waals surface area contributed by atoms with E-state index in [1.807, 2.05) is 6.07 Å². The number of carbonyl (C=O) groups is 1. The van der Waals surface area contributed by atoms with Crippen molar-refractivity contribution in [2.24, 2.45) is 0 Å².